The number of anilines is 1. The molecule has 0 aliphatic carbocycles. The van der Waals surface area contributed by atoms with Gasteiger partial charge in [0.25, 0.3) is 0 Å². The van der Waals surface area contributed by atoms with Crippen LogP contribution in [0.2, 0.25) is 0 Å². The number of amides is 2. The van der Waals surface area contributed by atoms with Crippen molar-refractivity contribution in [1.29, 1.82) is 0 Å². The maximum atomic E-state index is 12.5. The number of furan rings is 1. The number of aryl methyl sites for hydroxylation is 1. The van der Waals surface area contributed by atoms with Crippen LogP contribution in [-0.2, 0) is 4.79 Å². The second kappa shape index (κ2) is 8.58. The lowest BCUT2D eigenvalue weighted by Gasteiger charge is -2.17. The Kier molecular flexibility index (Phi) is 5.96. The molecule has 0 spiro atoms. The first-order chi connectivity index (χ1) is 13.5. The molecule has 0 saturated carbocycles. The molecule has 2 amide bonds. The first-order valence-electron chi connectivity index (χ1n) is 9.02. The molecule has 0 saturated heterocycles. The van der Waals surface area contributed by atoms with Crippen molar-refractivity contribution >= 4 is 28.5 Å². The van der Waals surface area contributed by atoms with Crippen LogP contribution in [0.4, 0.5) is 5.69 Å². The number of nitrogens with one attached hydrogen (secondary N) is 3. The summed E-state index contributed by atoms with van der Waals surface area (Å²) in [6.45, 7) is 3.68. The molecule has 3 N–H and O–H groups in total. The van der Waals surface area contributed by atoms with E-state index in [1.807, 2.05) is 38.1 Å². The van der Waals surface area contributed by atoms with Crippen LogP contribution in [0.1, 0.15) is 29.5 Å². The van der Waals surface area contributed by atoms with Crippen LogP contribution in [0, 0.1) is 6.92 Å². The third-order valence-corrected chi connectivity index (χ3v) is 4.49. The van der Waals surface area contributed by atoms with Gasteiger partial charge in [-0.1, -0.05) is 25.1 Å². The summed E-state index contributed by atoms with van der Waals surface area (Å²) < 4.78 is 10.7. The fourth-order valence-electron chi connectivity index (χ4n) is 2.86. The molecule has 1 aromatic heterocycles. The van der Waals surface area contributed by atoms with Gasteiger partial charge >= 0.3 is 5.91 Å². The van der Waals surface area contributed by atoms with Crippen molar-refractivity contribution in [3.8, 4) is 5.75 Å². The van der Waals surface area contributed by atoms with Crippen LogP contribution in [-0.4, -0.2) is 25.0 Å². The second-order valence-electron chi connectivity index (χ2n) is 6.33. The molecule has 0 fully saturated rings. The van der Waals surface area contributed by atoms with Gasteiger partial charge in [0.2, 0.25) is 5.91 Å². The Hall–Kier alpha value is -3.32. The second-order valence-corrected chi connectivity index (χ2v) is 6.33. The van der Waals surface area contributed by atoms with E-state index >= 15 is 0 Å². The number of carbonyl (C=O) groups excluding carboxylic acids is 2. The van der Waals surface area contributed by atoms with Crippen LogP contribution in [0.25, 0.3) is 11.0 Å². The van der Waals surface area contributed by atoms with Crippen molar-refractivity contribution in [2.75, 3.05) is 12.4 Å². The van der Waals surface area contributed by atoms with Gasteiger partial charge in [0.1, 0.15) is 17.4 Å². The van der Waals surface area contributed by atoms with Gasteiger partial charge < -0.3 is 14.5 Å². The summed E-state index contributed by atoms with van der Waals surface area (Å²) in [5.74, 6) is 0.245. The summed E-state index contributed by atoms with van der Waals surface area (Å²) in [7, 11) is 1.58. The van der Waals surface area contributed by atoms with Crippen molar-refractivity contribution in [1.82, 2.24) is 10.9 Å². The van der Waals surface area contributed by atoms with Gasteiger partial charge in [0, 0.05) is 16.6 Å². The average Bonchev–Trinajstić information content (AvgIpc) is 3.06. The lowest BCUT2D eigenvalue weighted by atomic mass is 10.1. The molecule has 1 atom stereocenters. The fraction of sp³-hybridized carbons (Fsp3) is 0.238. The Bertz CT molecular complexity index is 979. The largest absolute Gasteiger partial charge is 0.497 e. The molecule has 0 aliphatic heterocycles. The van der Waals surface area contributed by atoms with Gasteiger partial charge in [0.15, 0.2) is 5.76 Å². The highest BCUT2D eigenvalue weighted by Gasteiger charge is 2.21. The van der Waals surface area contributed by atoms with E-state index in [0.717, 1.165) is 10.9 Å². The molecule has 0 bridgehead atoms. The predicted octanol–water partition coefficient (Wildman–Crippen LogP) is 3.40. The highest BCUT2D eigenvalue weighted by atomic mass is 16.5. The van der Waals surface area contributed by atoms with Crippen LogP contribution in [0.3, 0.4) is 0 Å². The molecule has 0 unspecified atom stereocenters. The number of para-hydroxylation sites is 1. The molecule has 0 aliphatic rings. The molecule has 2 aromatic carbocycles. The summed E-state index contributed by atoms with van der Waals surface area (Å²) in [5.41, 5.74) is 7.41. The Morgan fingerprint density at radius 1 is 1.11 bits per heavy atom. The first kappa shape index (κ1) is 19.4. The molecular formula is C21H23N3O4. The molecule has 3 aromatic rings. The molecule has 1 heterocycles. The van der Waals surface area contributed by atoms with Crippen LogP contribution >= 0.6 is 0 Å². The zero-order valence-electron chi connectivity index (χ0n) is 16.0. The lowest BCUT2D eigenvalue weighted by molar-refractivity contribution is -0.118. The average molecular weight is 381 g/mol. The van der Waals surface area contributed by atoms with E-state index in [2.05, 4.69) is 16.2 Å². The van der Waals surface area contributed by atoms with E-state index in [1.165, 1.54) is 0 Å². The maximum Gasteiger partial charge on any atom is 0.301 e. The Labute approximate surface area is 163 Å². The van der Waals surface area contributed by atoms with Gasteiger partial charge in [-0.15, -0.1) is 0 Å². The molecule has 0 radical (unpaired) electrons. The Morgan fingerprint density at radius 3 is 2.46 bits per heavy atom. The highest BCUT2D eigenvalue weighted by Crippen LogP contribution is 2.24. The first-order valence-corrected chi connectivity index (χ1v) is 9.02. The minimum atomic E-state index is -0.601. The number of carbonyl (C=O) groups is 2. The van der Waals surface area contributed by atoms with Crippen LogP contribution < -0.4 is 20.9 Å². The third-order valence-electron chi connectivity index (χ3n) is 4.49. The van der Waals surface area contributed by atoms with Gasteiger partial charge in [-0.2, -0.15) is 0 Å². The van der Waals surface area contributed by atoms with E-state index in [4.69, 9.17) is 9.15 Å². The molecular weight excluding hydrogens is 358 g/mol. The van der Waals surface area contributed by atoms with Crippen molar-refractivity contribution in [3.05, 3.63) is 59.9 Å². The van der Waals surface area contributed by atoms with Crippen molar-refractivity contribution in [2.45, 2.75) is 26.3 Å². The number of hydrogen-bond donors (Lipinski definition) is 3. The number of rotatable bonds is 7. The molecule has 3 rings (SSSR count). The van der Waals surface area contributed by atoms with E-state index in [-0.39, 0.29) is 11.7 Å². The normalized spacial score (nSPS) is 11.8. The summed E-state index contributed by atoms with van der Waals surface area (Å²) in [6, 6.07) is 13.9. The number of hydrogen-bond acceptors (Lipinski definition) is 5. The fourth-order valence-corrected chi connectivity index (χ4v) is 2.86. The molecule has 28 heavy (non-hydrogen) atoms. The lowest BCUT2D eigenvalue weighted by Crippen LogP contribution is -2.49. The number of benzene rings is 2. The zero-order chi connectivity index (χ0) is 20.1. The minimum absolute atomic E-state index is 0.221. The van der Waals surface area contributed by atoms with Gasteiger partial charge in [-0.05, 0) is 43.7 Å². The van der Waals surface area contributed by atoms with Crippen molar-refractivity contribution in [2.24, 2.45) is 0 Å². The molecule has 146 valence electrons. The zero-order valence-corrected chi connectivity index (χ0v) is 16.0. The van der Waals surface area contributed by atoms with Gasteiger partial charge in [-0.3, -0.25) is 15.0 Å². The standard InChI is InChI=1S/C21H23N3O4/c1-4-17(20(25)22-14-9-11-15(27-3)12-10-14)23-24-21(26)19-13(2)16-7-5-6-8-18(16)28-19/h5-12,17,23H,4H2,1-3H3,(H,22,25)(H,24,26)/t17-/m1/s1. The summed E-state index contributed by atoms with van der Waals surface area (Å²) in [4.78, 5) is 25.0. The summed E-state index contributed by atoms with van der Waals surface area (Å²) >= 11 is 0. The van der Waals surface area contributed by atoms with Crippen molar-refractivity contribution in [3.63, 3.8) is 0 Å². The summed E-state index contributed by atoms with van der Waals surface area (Å²) in [5, 5.41) is 3.69. The van der Waals surface area contributed by atoms with Crippen LogP contribution in [0.5, 0.6) is 5.75 Å². The number of methoxy groups -OCH3 is 1. The van der Waals surface area contributed by atoms with E-state index in [9.17, 15) is 9.59 Å². The highest BCUT2D eigenvalue weighted by molar-refractivity contribution is 5.99. The monoisotopic (exact) mass is 381 g/mol. The quantitative estimate of drug-likeness (QED) is 0.546. The van der Waals surface area contributed by atoms with E-state index in [0.29, 0.717) is 23.4 Å². The Morgan fingerprint density at radius 2 is 1.82 bits per heavy atom. The number of fused-ring (bicyclic) bond motifs is 1. The SMILES string of the molecule is CC[C@@H](NNC(=O)c1oc2ccccc2c1C)C(=O)Nc1ccc(OC)cc1. The van der Waals surface area contributed by atoms with Crippen molar-refractivity contribution < 1.29 is 18.7 Å². The smallest absolute Gasteiger partial charge is 0.301 e. The number of ether oxygens (including phenoxy) is 1. The topological polar surface area (TPSA) is 92.6 Å². The Balaban J connectivity index is 1.62. The molecule has 7 heteroatoms. The van der Waals surface area contributed by atoms with Gasteiger partial charge in [0.05, 0.1) is 7.11 Å². The number of hydrazine groups is 1. The van der Waals surface area contributed by atoms with E-state index in [1.54, 1.807) is 31.4 Å². The van der Waals surface area contributed by atoms with Crippen LogP contribution in [0.15, 0.2) is 52.9 Å². The maximum absolute atomic E-state index is 12.5. The molecule has 7 nitrogen and oxygen atoms in total. The predicted molar refractivity (Wildman–Crippen MR) is 107 cm³/mol. The van der Waals surface area contributed by atoms with Gasteiger partial charge in [-0.25, -0.2) is 5.43 Å². The van der Waals surface area contributed by atoms with E-state index < -0.39 is 11.9 Å². The minimum Gasteiger partial charge on any atom is -0.497 e. The summed E-state index contributed by atoms with van der Waals surface area (Å²) in [6.07, 6.45) is 0.487. The third kappa shape index (κ3) is 4.15.